The van der Waals surface area contributed by atoms with Gasteiger partial charge in [-0.25, -0.2) is 0 Å². The molecule has 0 saturated carbocycles. The van der Waals surface area contributed by atoms with Crippen LogP contribution in [0.15, 0.2) is 0 Å². The summed E-state index contributed by atoms with van der Waals surface area (Å²) in [5.74, 6) is 0. The predicted molar refractivity (Wildman–Crippen MR) is 68.1 cm³/mol. The van der Waals surface area contributed by atoms with Crippen LogP contribution in [0.1, 0.15) is 61.3 Å². The number of hydrogen-bond donors (Lipinski definition) is 1. The molecular weight excluding hydrogens is 169 g/mol. The standard InChI is InChI=1S/C12H28BN/c1-8-9-10-13(11(2,3)4)14-12(5,6)7/h14H,8-10H2,1-7H3. The molecule has 14 heavy (non-hydrogen) atoms. The van der Waals surface area contributed by atoms with Crippen molar-refractivity contribution in [2.45, 2.75) is 78.5 Å². The van der Waals surface area contributed by atoms with E-state index < -0.39 is 0 Å². The third kappa shape index (κ3) is 6.47. The fraction of sp³-hybridized carbons (Fsp3) is 1.00. The molecule has 0 heterocycles. The van der Waals surface area contributed by atoms with Crippen LogP contribution in [0.4, 0.5) is 0 Å². The lowest BCUT2D eigenvalue weighted by atomic mass is 9.40. The van der Waals surface area contributed by atoms with Crippen molar-refractivity contribution < 1.29 is 0 Å². The molecule has 0 amide bonds. The van der Waals surface area contributed by atoms with E-state index in [4.69, 9.17) is 0 Å². The first kappa shape index (κ1) is 14.0. The first-order valence-corrected chi connectivity index (χ1v) is 5.94. The van der Waals surface area contributed by atoms with Crippen molar-refractivity contribution in [3.8, 4) is 0 Å². The van der Waals surface area contributed by atoms with Crippen LogP contribution in [0.2, 0.25) is 11.6 Å². The van der Waals surface area contributed by atoms with Gasteiger partial charge in [-0.15, -0.1) is 0 Å². The Labute approximate surface area is 91.1 Å². The van der Waals surface area contributed by atoms with Crippen molar-refractivity contribution in [3.63, 3.8) is 0 Å². The summed E-state index contributed by atoms with van der Waals surface area (Å²) in [6, 6.07) is 0. The Hall–Kier alpha value is 0.0249. The van der Waals surface area contributed by atoms with Gasteiger partial charge < -0.3 is 5.23 Å². The maximum atomic E-state index is 3.73. The first-order valence-electron chi connectivity index (χ1n) is 5.94. The van der Waals surface area contributed by atoms with Crippen molar-refractivity contribution in [1.82, 2.24) is 5.23 Å². The second-order valence-corrected chi connectivity index (χ2v) is 6.46. The molecule has 1 N–H and O–H groups in total. The van der Waals surface area contributed by atoms with Crippen LogP contribution in [-0.2, 0) is 0 Å². The van der Waals surface area contributed by atoms with Crippen LogP contribution in [0.5, 0.6) is 0 Å². The monoisotopic (exact) mass is 197 g/mol. The Kier molecular flexibility index (Phi) is 5.21. The zero-order chi connectivity index (χ0) is 11.4. The topological polar surface area (TPSA) is 12.0 Å². The molecule has 0 spiro atoms. The molecule has 0 aliphatic heterocycles. The Morgan fingerprint density at radius 3 is 1.79 bits per heavy atom. The van der Waals surface area contributed by atoms with Gasteiger partial charge in [-0.05, 0) is 31.6 Å². The third-order valence-corrected chi connectivity index (χ3v) is 2.50. The molecule has 84 valence electrons. The minimum absolute atomic E-state index is 0.228. The summed E-state index contributed by atoms with van der Waals surface area (Å²) in [4.78, 5) is 0. The van der Waals surface area contributed by atoms with E-state index in [0.717, 1.165) is 0 Å². The van der Waals surface area contributed by atoms with Crippen LogP contribution in [-0.4, -0.2) is 12.4 Å². The van der Waals surface area contributed by atoms with Gasteiger partial charge in [0, 0.05) is 0 Å². The van der Waals surface area contributed by atoms with Crippen LogP contribution in [0.3, 0.4) is 0 Å². The maximum absolute atomic E-state index is 3.73. The minimum atomic E-state index is 0.228. The maximum Gasteiger partial charge on any atom is 0.226 e. The molecule has 0 aromatic rings. The second-order valence-electron chi connectivity index (χ2n) is 6.46. The van der Waals surface area contributed by atoms with E-state index in [9.17, 15) is 0 Å². The highest BCUT2D eigenvalue weighted by Gasteiger charge is 2.31. The molecule has 0 unspecified atom stereocenters. The van der Waals surface area contributed by atoms with Gasteiger partial charge in [-0.1, -0.05) is 46.9 Å². The highest BCUT2D eigenvalue weighted by molar-refractivity contribution is 6.59. The van der Waals surface area contributed by atoms with Gasteiger partial charge in [0.1, 0.15) is 0 Å². The van der Waals surface area contributed by atoms with Crippen molar-refractivity contribution in [3.05, 3.63) is 0 Å². The summed E-state index contributed by atoms with van der Waals surface area (Å²) in [6.45, 7) is 16.6. The summed E-state index contributed by atoms with van der Waals surface area (Å²) >= 11 is 0. The fourth-order valence-electron chi connectivity index (χ4n) is 1.65. The van der Waals surface area contributed by atoms with E-state index in [1.54, 1.807) is 0 Å². The van der Waals surface area contributed by atoms with E-state index in [1.165, 1.54) is 19.2 Å². The molecule has 2 heteroatoms. The summed E-state index contributed by atoms with van der Waals surface area (Å²) in [5.41, 5.74) is 0.228. The van der Waals surface area contributed by atoms with Crippen molar-refractivity contribution >= 4 is 6.85 Å². The highest BCUT2D eigenvalue weighted by Crippen LogP contribution is 2.29. The Morgan fingerprint density at radius 2 is 1.50 bits per heavy atom. The third-order valence-electron chi connectivity index (χ3n) is 2.50. The second kappa shape index (κ2) is 5.20. The van der Waals surface area contributed by atoms with Gasteiger partial charge in [0.2, 0.25) is 6.85 Å². The van der Waals surface area contributed by atoms with Gasteiger partial charge >= 0.3 is 0 Å². The average Bonchev–Trinajstić information content (AvgIpc) is 1.93. The molecular formula is C12H28BN. The predicted octanol–water partition coefficient (Wildman–Crippen LogP) is 3.97. The van der Waals surface area contributed by atoms with E-state index in [2.05, 4.69) is 53.7 Å². The SMILES string of the molecule is CCCCB(NC(C)(C)C)C(C)(C)C. The van der Waals surface area contributed by atoms with E-state index in [0.29, 0.717) is 12.2 Å². The molecule has 0 atom stereocenters. The van der Waals surface area contributed by atoms with Gasteiger partial charge in [-0.2, -0.15) is 0 Å². The van der Waals surface area contributed by atoms with Crippen LogP contribution in [0.25, 0.3) is 0 Å². The van der Waals surface area contributed by atoms with Crippen LogP contribution >= 0.6 is 0 Å². The summed E-state index contributed by atoms with van der Waals surface area (Å²) in [5, 5.41) is 4.09. The Morgan fingerprint density at radius 1 is 1.00 bits per heavy atom. The smallest absolute Gasteiger partial charge is 0.226 e. The fourth-order valence-corrected chi connectivity index (χ4v) is 1.65. The van der Waals surface area contributed by atoms with E-state index in [-0.39, 0.29) is 5.54 Å². The lowest BCUT2D eigenvalue weighted by Crippen LogP contribution is -2.51. The Bertz CT molecular complexity index is 153. The molecule has 0 fully saturated rings. The minimum Gasteiger partial charge on any atom is -0.351 e. The zero-order valence-corrected chi connectivity index (χ0v) is 11.2. The van der Waals surface area contributed by atoms with Gasteiger partial charge in [0.15, 0.2) is 0 Å². The number of hydrogen-bond acceptors (Lipinski definition) is 1. The summed E-state index contributed by atoms with van der Waals surface area (Å²) < 4.78 is 0. The number of unbranched alkanes of at least 4 members (excludes halogenated alkanes) is 1. The van der Waals surface area contributed by atoms with Crippen LogP contribution < -0.4 is 5.23 Å². The molecule has 0 radical (unpaired) electrons. The van der Waals surface area contributed by atoms with Crippen molar-refractivity contribution in [2.75, 3.05) is 0 Å². The molecule has 0 aliphatic carbocycles. The molecule has 0 aromatic heterocycles. The Balaban J connectivity index is 4.26. The number of nitrogens with one attached hydrogen (secondary N) is 1. The largest absolute Gasteiger partial charge is 0.351 e. The average molecular weight is 197 g/mol. The molecule has 0 aliphatic rings. The molecule has 0 aromatic carbocycles. The summed E-state index contributed by atoms with van der Waals surface area (Å²) in [7, 11) is 0. The van der Waals surface area contributed by atoms with Crippen LogP contribution in [0, 0.1) is 0 Å². The van der Waals surface area contributed by atoms with Gasteiger partial charge in [-0.3, -0.25) is 0 Å². The lowest BCUT2D eigenvalue weighted by molar-refractivity contribution is 0.499. The van der Waals surface area contributed by atoms with E-state index >= 15 is 0 Å². The molecule has 1 nitrogen and oxygen atoms in total. The lowest BCUT2D eigenvalue weighted by Gasteiger charge is -2.34. The molecule has 0 rings (SSSR count). The summed E-state index contributed by atoms with van der Waals surface area (Å²) in [6.07, 6.45) is 3.90. The van der Waals surface area contributed by atoms with Gasteiger partial charge in [0.25, 0.3) is 0 Å². The first-order chi connectivity index (χ1) is 6.17. The van der Waals surface area contributed by atoms with Crippen molar-refractivity contribution in [1.29, 1.82) is 0 Å². The van der Waals surface area contributed by atoms with Crippen molar-refractivity contribution in [2.24, 2.45) is 0 Å². The van der Waals surface area contributed by atoms with Gasteiger partial charge in [0.05, 0.1) is 0 Å². The zero-order valence-electron chi connectivity index (χ0n) is 11.2. The molecule has 0 saturated heterocycles. The molecule has 0 bridgehead atoms. The normalized spacial score (nSPS) is 13.1. The highest BCUT2D eigenvalue weighted by atomic mass is 14.9. The quantitative estimate of drug-likeness (QED) is 0.672. The van der Waals surface area contributed by atoms with E-state index in [1.807, 2.05) is 0 Å². The number of rotatable bonds is 4.